The second kappa shape index (κ2) is 4.49. The van der Waals surface area contributed by atoms with Crippen LogP contribution in [0.4, 0.5) is 5.82 Å². The first-order valence-electron chi connectivity index (χ1n) is 6.37. The van der Waals surface area contributed by atoms with Gasteiger partial charge in [0.05, 0.1) is 6.04 Å². The predicted octanol–water partition coefficient (Wildman–Crippen LogP) is 0.594. The molecule has 2 aromatic rings. The van der Waals surface area contributed by atoms with Crippen molar-refractivity contribution in [2.24, 2.45) is 0 Å². The van der Waals surface area contributed by atoms with Crippen molar-refractivity contribution >= 4 is 22.8 Å². The van der Waals surface area contributed by atoms with E-state index in [2.05, 4.69) is 19.9 Å². The van der Waals surface area contributed by atoms with Crippen LogP contribution in [0.5, 0.6) is 0 Å². The first kappa shape index (κ1) is 11.9. The van der Waals surface area contributed by atoms with Crippen LogP contribution < -0.4 is 10.6 Å². The number of hydrogen-bond acceptors (Lipinski definition) is 5. The third-order valence-corrected chi connectivity index (χ3v) is 3.54. The first-order valence-corrected chi connectivity index (χ1v) is 6.37. The molecule has 7 nitrogen and oxygen atoms in total. The number of aromatic nitrogens is 4. The van der Waals surface area contributed by atoms with E-state index in [0.29, 0.717) is 17.0 Å². The number of fused-ring (bicyclic) bond motifs is 1. The highest BCUT2D eigenvalue weighted by Gasteiger charge is 2.28. The highest BCUT2D eigenvalue weighted by Crippen LogP contribution is 2.27. The average Bonchev–Trinajstić information content (AvgIpc) is 2.78. The molecule has 0 amide bonds. The molecular formula is C12H15N5O2. The fourth-order valence-corrected chi connectivity index (χ4v) is 2.66. The quantitative estimate of drug-likeness (QED) is 0.825. The topological polar surface area (TPSA) is 94.7 Å². The maximum Gasteiger partial charge on any atom is 0.325 e. The van der Waals surface area contributed by atoms with Gasteiger partial charge in [-0.1, -0.05) is 0 Å². The Morgan fingerprint density at radius 3 is 3.00 bits per heavy atom. The molecule has 1 aliphatic rings. The largest absolute Gasteiger partial charge is 0.345 e. The number of ketones is 1. The van der Waals surface area contributed by atoms with Crippen LogP contribution >= 0.6 is 0 Å². The van der Waals surface area contributed by atoms with Gasteiger partial charge in [-0.2, -0.15) is 0 Å². The van der Waals surface area contributed by atoms with E-state index in [9.17, 15) is 9.59 Å². The van der Waals surface area contributed by atoms with Crippen LogP contribution in [0.3, 0.4) is 0 Å². The minimum absolute atomic E-state index is 0.129. The van der Waals surface area contributed by atoms with Crippen molar-refractivity contribution in [3.63, 3.8) is 0 Å². The second-order valence-electron chi connectivity index (χ2n) is 4.82. The number of imidazole rings is 1. The summed E-state index contributed by atoms with van der Waals surface area (Å²) in [5.41, 5.74) is 0.733. The molecule has 0 saturated carbocycles. The fourth-order valence-electron chi connectivity index (χ4n) is 2.66. The lowest BCUT2D eigenvalue weighted by molar-refractivity contribution is -0.118. The van der Waals surface area contributed by atoms with Crippen molar-refractivity contribution in [1.82, 2.24) is 19.9 Å². The lowest BCUT2D eigenvalue weighted by atomic mass is 9.99. The molecule has 100 valence electrons. The maximum absolute atomic E-state index is 11.8. The summed E-state index contributed by atoms with van der Waals surface area (Å²) in [5, 5.41) is 0. The number of Topliss-reactive ketones (excluding diaryl/α,β-unsaturated/α-hetero) is 1. The standard InChI is InChI=1S/C12H15N5O2/c1-7(18)8-4-2-3-5-17(8)11-9-10(13-6-14-11)16-12(19)15-9/h6,8H,2-5H2,1H3,(H2,13,14,15,16,19). The third-order valence-electron chi connectivity index (χ3n) is 3.54. The summed E-state index contributed by atoms with van der Waals surface area (Å²) < 4.78 is 0. The van der Waals surface area contributed by atoms with Crippen molar-refractivity contribution in [3.05, 3.63) is 16.8 Å². The monoisotopic (exact) mass is 261 g/mol. The Bertz CT molecular complexity index is 674. The third kappa shape index (κ3) is 2.00. The number of anilines is 1. The number of nitrogens with one attached hydrogen (secondary N) is 2. The minimum Gasteiger partial charge on any atom is -0.345 e. The van der Waals surface area contributed by atoms with Crippen molar-refractivity contribution in [3.8, 4) is 0 Å². The zero-order valence-corrected chi connectivity index (χ0v) is 10.6. The number of nitrogens with zero attached hydrogens (tertiary/aromatic N) is 3. The number of aromatic amines is 2. The first-order chi connectivity index (χ1) is 9.16. The van der Waals surface area contributed by atoms with Crippen LogP contribution in [-0.4, -0.2) is 38.3 Å². The van der Waals surface area contributed by atoms with Gasteiger partial charge in [-0.3, -0.25) is 9.78 Å². The highest BCUT2D eigenvalue weighted by molar-refractivity contribution is 5.89. The number of piperidine rings is 1. The summed E-state index contributed by atoms with van der Waals surface area (Å²) in [6.07, 6.45) is 4.30. The molecule has 1 unspecified atom stereocenters. The predicted molar refractivity (Wildman–Crippen MR) is 70.2 cm³/mol. The number of rotatable bonds is 2. The molecule has 1 atom stereocenters. The van der Waals surface area contributed by atoms with Crippen molar-refractivity contribution < 1.29 is 4.79 Å². The smallest absolute Gasteiger partial charge is 0.325 e. The van der Waals surface area contributed by atoms with E-state index in [1.54, 1.807) is 6.92 Å². The molecule has 0 spiro atoms. The van der Waals surface area contributed by atoms with Gasteiger partial charge in [0, 0.05) is 6.54 Å². The van der Waals surface area contributed by atoms with E-state index < -0.39 is 0 Å². The molecular weight excluding hydrogens is 246 g/mol. The zero-order valence-electron chi connectivity index (χ0n) is 10.6. The lowest BCUT2D eigenvalue weighted by Crippen LogP contribution is -2.44. The van der Waals surface area contributed by atoms with Gasteiger partial charge in [0.1, 0.15) is 11.8 Å². The molecule has 7 heteroatoms. The summed E-state index contributed by atoms with van der Waals surface area (Å²) >= 11 is 0. The number of carbonyl (C=O) groups is 1. The van der Waals surface area contributed by atoms with E-state index in [0.717, 1.165) is 25.8 Å². The zero-order chi connectivity index (χ0) is 13.4. The molecule has 2 aromatic heterocycles. The van der Waals surface area contributed by atoms with E-state index in [1.807, 2.05) is 4.90 Å². The average molecular weight is 261 g/mol. The molecule has 1 saturated heterocycles. The highest BCUT2D eigenvalue weighted by atomic mass is 16.1. The molecule has 1 aliphatic heterocycles. The summed E-state index contributed by atoms with van der Waals surface area (Å²) in [7, 11) is 0. The van der Waals surface area contributed by atoms with Crippen LogP contribution in [0.2, 0.25) is 0 Å². The summed E-state index contributed by atoms with van der Waals surface area (Å²) in [5.74, 6) is 0.757. The summed E-state index contributed by atoms with van der Waals surface area (Å²) in [4.78, 5) is 38.7. The fraction of sp³-hybridized carbons (Fsp3) is 0.500. The molecule has 1 fully saturated rings. The summed E-state index contributed by atoms with van der Waals surface area (Å²) in [6, 6.07) is -0.162. The Balaban J connectivity index is 2.11. The van der Waals surface area contributed by atoms with Crippen molar-refractivity contribution in [1.29, 1.82) is 0 Å². The molecule has 3 heterocycles. The molecule has 0 radical (unpaired) electrons. The molecule has 0 aromatic carbocycles. The normalized spacial score (nSPS) is 19.8. The van der Waals surface area contributed by atoms with Gasteiger partial charge in [0.25, 0.3) is 0 Å². The lowest BCUT2D eigenvalue weighted by Gasteiger charge is -2.35. The molecule has 19 heavy (non-hydrogen) atoms. The molecule has 0 aliphatic carbocycles. The van der Waals surface area contributed by atoms with Gasteiger partial charge in [-0.15, -0.1) is 0 Å². The van der Waals surface area contributed by atoms with Gasteiger partial charge in [0.15, 0.2) is 17.2 Å². The number of hydrogen-bond donors (Lipinski definition) is 2. The molecule has 2 N–H and O–H groups in total. The summed E-state index contributed by atoms with van der Waals surface area (Å²) in [6.45, 7) is 2.37. The Hall–Kier alpha value is -2.18. The Labute approximate surface area is 109 Å². The van der Waals surface area contributed by atoms with E-state index in [4.69, 9.17) is 0 Å². The van der Waals surface area contributed by atoms with E-state index >= 15 is 0 Å². The van der Waals surface area contributed by atoms with Gasteiger partial charge in [-0.25, -0.2) is 14.8 Å². The van der Waals surface area contributed by atoms with Crippen LogP contribution in [0, 0.1) is 0 Å². The van der Waals surface area contributed by atoms with E-state index in [-0.39, 0.29) is 17.5 Å². The SMILES string of the molecule is CC(=O)C1CCCCN1c1ncnc2[nH]c(=O)[nH]c12. The molecule has 3 rings (SSSR count). The minimum atomic E-state index is -0.312. The van der Waals surface area contributed by atoms with Gasteiger partial charge < -0.3 is 9.88 Å². The van der Waals surface area contributed by atoms with E-state index in [1.165, 1.54) is 6.33 Å². The van der Waals surface area contributed by atoms with Crippen LogP contribution in [0.1, 0.15) is 26.2 Å². The second-order valence-corrected chi connectivity index (χ2v) is 4.82. The van der Waals surface area contributed by atoms with Crippen LogP contribution in [0.15, 0.2) is 11.1 Å². The van der Waals surface area contributed by atoms with Crippen LogP contribution in [-0.2, 0) is 4.79 Å². The molecule has 0 bridgehead atoms. The van der Waals surface area contributed by atoms with Crippen LogP contribution in [0.25, 0.3) is 11.2 Å². The van der Waals surface area contributed by atoms with Crippen molar-refractivity contribution in [2.45, 2.75) is 32.2 Å². The Kier molecular flexibility index (Phi) is 2.81. The Morgan fingerprint density at radius 2 is 2.21 bits per heavy atom. The number of carbonyl (C=O) groups excluding carboxylic acids is 1. The van der Waals surface area contributed by atoms with Crippen molar-refractivity contribution in [2.75, 3.05) is 11.4 Å². The van der Waals surface area contributed by atoms with Gasteiger partial charge in [-0.05, 0) is 26.2 Å². The van der Waals surface area contributed by atoms with Gasteiger partial charge >= 0.3 is 5.69 Å². The Morgan fingerprint density at radius 1 is 1.37 bits per heavy atom. The maximum atomic E-state index is 11.8. The number of H-pyrrole nitrogens is 2. The van der Waals surface area contributed by atoms with Gasteiger partial charge in [0.2, 0.25) is 0 Å².